The molecule has 0 aromatic heterocycles. The zero-order valence-corrected chi connectivity index (χ0v) is 13.8. The van der Waals surface area contributed by atoms with Crippen LogP contribution in [0.3, 0.4) is 0 Å². The highest BCUT2D eigenvalue weighted by molar-refractivity contribution is 6.32. The van der Waals surface area contributed by atoms with Crippen molar-refractivity contribution in [2.75, 3.05) is 20.3 Å². The van der Waals surface area contributed by atoms with E-state index in [9.17, 15) is 9.59 Å². The van der Waals surface area contributed by atoms with E-state index < -0.39 is 11.9 Å². The summed E-state index contributed by atoms with van der Waals surface area (Å²) >= 11 is 6.13. The lowest BCUT2D eigenvalue weighted by Crippen LogP contribution is -2.40. The maximum Gasteiger partial charge on any atom is 0.323 e. The molecule has 0 heterocycles. The lowest BCUT2D eigenvalue weighted by molar-refractivity contribution is -0.138. The van der Waals surface area contributed by atoms with Gasteiger partial charge in [-0.05, 0) is 32.9 Å². The maximum atomic E-state index is 12.5. The number of methoxy groups -OCH3 is 1. The molecule has 0 spiro atoms. The molecular weight excluding hydrogens is 310 g/mol. The summed E-state index contributed by atoms with van der Waals surface area (Å²) in [5.74, 6) is -0.819. The number of amides is 1. The molecular formula is C15H20ClNO5. The third kappa shape index (κ3) is 4.27. The first-order valence-electron chi connectivity index (χ1n) is 6.84. The molecule has 0 unspecified atom stereocenters. The van der Waals surface area contributed by atoms with Crippen LogP contribution < -0.4 is 9.47 Å². The summed E-state index contributed by atoms with van der Waals surface area (Å²) in [7, 11) is 1.44. The number of nitrogens with zero attached hydrogens (tertiary/aromatic N) is 1. The third-order valence-electron chi connectivity index (χ3n) is 2.95. The first kappa shape index (κ1) is 18.1. The van der Waals surface area contributed by atoms with Gasteiger partial charge in [-0.15, -0.1) is 0 Å². The van der Waals surface area contributed by atoms with Gasteiger partial charge in [0.15, 0.2) is 11.5 Å². The zero-order chi connectivity index (χ0) is 16.9. The van der Waals surface area contributed by atoms with Crippen molar-refractivity contribution < 1.29 is 24.2 Å². The normalized spacial score (nSPS) is 10.5. The van der Waals surface area contributed by atoms with Crippen LogP contribution in [-0.2, 0) is 4.79 Å². The molecule has 1 aromatic carbocycles. The number of halogens is 1. The first-order chi connectivity index (χ1) is 10.3. The molecule has 0 bridgehead atoms. The number of rotatable bonds is 7. The SMILES string of the molecule is CCOc1c(Cl)cc(C(=O)N(CC(=O)O)C(C)C)cc1OC. The van der Waals surface area contributed by atoms with E-state index in [1.54, 1.807) is 13.8 Å². The monoisotopic (exact) mass is 329 g/mol. The molecule has 1 N–H and O–H groups in total. The lowest BCUT2D eigenvalue weighted by atomic mass is 10.1. The van der Waals surface area contributed by atoms with Crippen molar-refractivity contribution in [1.82, 2.24) is 4.90 Å². The Morgan fingerprint density at radius 1 is 1.36 bits per heavy atom. The fraction of sp³-hybridized carbons (Fsp3) is 0.467. The van der Waals surface area contributed by atoms with Gasteiger partial charge in [-0.2, -0.15) is 0 Å². The number of benzene rings is 1. The summed E-state index contributed by atoms with van der Waals surface area (Å²) in [6.07, 6.45) is 0. The largest absolute Gasteiger partial charge is 0.493 e. The molecule has 1 amide bonds. The van der Waals surface area contributed by atoms with Crippen molar-refractivity contribution >= 4 is 23.5 Å². The molecule has 0 fully saturated rings. The van der Waals surface area contributed by atoms with Gasteiger partial charge in [0.25, 0.3) is 5.91 Å². The van der Waals surface area contributed by atoms with Gasteiger partial charge < -0.3 is 19.5 Å². The van der Waals surface area contributed by atoms with E-state index in [1.807, 2.05) is 6.92 Å². The van der Waals surface area contributed by atoms with Crippen LogP contribution in [0.4, 0.5) is 0 Å². The van der Waals surface area contributed by atoms with Crippen LogP contribution in [-0.4, -0.2) is 48.2 Å². The van der Waals surface area contributed by atoms with Crippen LogP contribution in [0.15, 0.2) is 12.1 Å². The molecule has 6 nitrogen and oxygen atoms in total. The summed E-state index contributed by atoms with van der Waals surface area (Å²) in [6.45, 7) is 5.31. The lowest BCUT2D eigenvalue weighted by Gasteiger charge is -2.25. The molecule has 0 saturated carbocycles. The Bertz CT molecular complexity index is 559. The van der Waals surface area contributed by atoms with Crippen molar-refractivity contribution in [2.45, 2.75) is 26.8 Å². The second kappa shape index (κ2) is 7.89. The Morgan fingerprint density at radius 2 is 2.00 bits per heavy atom. The zero-order valence-electron chi connectivity index (χ0n) is 13.1. The molecule has 0 aliphatic carbocycles. The molecule has 0 atom stereocenters. The van der Waals surface area contributed by atoms with Crippen LogP contribution in [0, 0.1) is 0 Å². The van der Waals surface area contributed by atoms with Crippen LogP contribution in [0.2, 0.25) is 5.02 Å². The Kier molecular flexibility index (Phi) is 6.49. The van der Waals surface area contributed by atoms with Gasteiger partial charge in [-0.1, -0.05) is 11.6 Å². The van der Waals surface area contributed by atoms with E-state index in [-0.39, 0.29) is 23.2 Å². The van der Waals surface area contributed by atoms with Gasteiger partial charge in [0.1, 0.15) is 6.54 Å². The topological polar surface area (TPSA) is 76.1 Å². The summed E-state index contributed by atoms with van der Waals surface area (Å²) < 4.78 is 10.6. The summed E-state index contributed by atoms with van der Waals surface area (Å²) in [5.41, 5.74) is 0.250. The number of carboxylic acids is 1. The number of hydrogen-bond donors (Lipinski definition) is 1. The van der Waals surface area contributed by atoms with Gasteiger partial charge in [0.05, 0.1) is 18.7 Å². The van der Waals surface area contributed by atoms with Gasteiger partial charge in [0, 0.05) is 11.6 Å². The number of aliphatic carboxylic acids is 1. The van der Waals surface area contributed by atoms with Crippen LogP contribution in [0.5, 0.6) is 11.5 Å². The van der Waals surface area contributed by atoms with E-state index in [1.165, 1.54) is 24.1 Å². The Hall–Kier alpha value is -1.95. The van der Waals surface area contributed by atoms with Crippen molar-refractivity contribution in [3.05, 3.63) is 22.7 Å². The fourth-order valence-electron chi connectivity index (χ4n) is 1.93. The Balaban J connectivity index is 3.22. The quantitative estimate of drug-likeness (QED) is 0.832. The van der Waals surface area contributed by atoms with Crippen LogP contribution in [0.1, 0.15) is 31.1 Å². The van der Waals surface area contributed by atoms with E-state index in [4.69, 9.17) is 26.2 Å². The minimum atomic E-state index is -1.08. The number of hydrogen-bond acceptors (Lipinski definition) is 4. The van der Waals surface area contributed by atoms with Gasteiger partial charge in [-0.3, -0.25) is 9.59 Å². The molecule has 1 aromatic rings. The Morgan fingerprint density at radius 3 is 2.45 bits per heavy atom. The van der Waals surface area contributed by atoms with Crippen molar-refractivity contribution in [1.29, 1.82) is 0 Å². The average molecular weight is 330 g/mol. The molecule has 0 aliphatic heterocycles. The molecule has 22 heavy (non-hydrogen) atoms. The minimum absolute atomic E-state index is 0.239. The highest BCUT2D eigenvalue weighted by atomic mass is 35.5. The van der Waals surface area contributed by atoms with E-state index in [0.29, 0.717) is 18.1 Å². The summed E-state index contributed by atoms with van der Waals surface area (Å²) in [5, 5.41) is 9.17. The molecule has 0 aliphatic rings. The number of carboxylic acid groups (broad SMARTS) is 1. The molecule has 1 rings (SSSR count). The molecule has 122 valence electrons. The third-order valence-corrected chi connectivity index (χ3v) is 3.24. The first-order valence-corrected chi connectivity index (χ1v) is 7.22. The predicted molar refractivity (Wildman–Crippen MR) is 83.0 cm³/mol. The summed E-state index contributed by atoms with van der Waals surface area (Å²) in [4.78, 5) is 24.7. The van der Waals surface area contributed by atoms with Gasteiger partial charge >= 0.3 is 5.97 Å². The average Bonchev–Trinajstić information content (AvgIpc) is 2.45. The molecule has 7 heteroatoms. The number of ether oxygens (including phenoxy) is 2. The van der Waals surface area contributed by atoms with Crippen LogP contribution >= 0.6 is 11.6 Å². The highest BCUT2D eigenvalue weighted by Crippen LogP contribution is 2.36. The predicted octanol–water partition coefficient (Wildman–Crippen LogP) is 2.68. The van der Waals surface area contributed by atoms with Gasteiger partial charge in [0.2, 0.25) is 0 Å². The maximum absolute atomic E-state index is 12.5. The van der Waals surface area contributed by atoms with Crippen LogP contribution in [0.25, 0.3) is 0 Å². The van der Waals surface area contributed by atoms with E-state index in [2.05, 4.69) is 0 Å². The second-order valence-electron chi connectivity index (χ2n) is 4.84. The van der Waals surface area contributed by atoms with E-state index >= 15 is 0 Å². The molecule has 0 radical (unpaired) electrons. The fourth-order valence-corrected chi connectivity index (χ4v) is 2.19. The smallest absolute Gasteiger partial charge is 0.323 e. The standard InChI is InChI=1S/C15H20ClNO5/c1-5-22-14-11(16)6-10(7-12(14)21-4)15(20)17(9(2)3)8-13(18)19/h6-7,9H,5,8H2,1-4H3,(H,18,19). The number of carbonyl (C=O) groups is 2. The van der Waals surface area contributed by atoms with Gasteiger partial charge in [-0.25, -0.2) is 0 Å². The second-order valence-corrected chi connectivity index (χ2v) is 5.25. The van der Waals surface area contributed by atoms with Crippen molar-refractivity contribution in [3.63, 3.8) is 0 Å². The number of carbonyl (C=O) groups excluding carboxylic acids is 1. The Labute approximate surface area is 134 Å². The summed E-state index contributed by atoms with van der Waals surface area (Å²) in [6, 6.07) is 2.69. The van der Waals surface area contributed by atoms with Crippen molar-refractivity contribution in [3.8, 4) is 11.5 Å². The van der Waals surface area contributed by atoms with E-state index in [0.717, 1.165) is 0 Å². The highest BCUT2D eigenvalue weighted by Gasteiger charge is 2.23. The van der Waals surface area contributed by atoms with Crippen molar-refractivity contribution in [2.24, 2.45) is 0 Å². The molecule has 0 saturated heterocycles. The minimum Gasteiger partial charge on any atom is -0.493 e.